The molecule has 0 aliphatic heterocycles. The number of carbonyl (C=O) groups excluding carboxylic acids is 1. The van der Waals surface area contributed by atoms with Crippen LogP contribution in [0, 0.1) is 0 Å². The molecule has 2 aromatic carbocycles. The molecule has 0 spiro atoms. The molecule has 0 bridgehead atoms. The molecule has 0 aliphatic rings. The van der Waals surface area contributed by atoms with Crippen LogP contribution >= 0.6 is 23.4 Å². The lowest BCUT2D eigenvalue weighted by Crippen LogP contribution is -2.25. The molecule has 0 radical (unpaired) electrons. The first-order chi connectivity index (χ1) is 13.0. The fraction of sp³-hybridized carbons (Fsp3) is 0.0556. The van der Waals surface area contributed by atoms with Crippen LogP contribution in [0.1, 0.15) is 10.5 Å². The zero-order valence-corrected chi connectivity index (χ0v) is 15.2. The summed E-state index contributed by atoms with van der Waals surface area (Å²) in [6.45, 7) is 0. The minimum atomic E-state index is -2.70. The minimum Gasteiger partial charge on any atom is -0.320 e. The third-order valence-corrected chi connectivity index (χ3v) is 4.74. The molecule has 9 heteroatoms. The second kappa shape index (κ2) is 8.32. The van der Waals surface area contributed by atoms with E-state index in [0.717, 1.165) is 4.68 Å². The maximum Gasteiger partial charge on any atom is 0.289 e. The second-order valence-electron chi connectivity index (χ2n) is 5.25. The Kier molecular flexibility index (Phi) is 5.88. The molecule has 5 nitrogen and oxygen atoms in total. The molecule has 0 aliphatic carbocycles. The monoisotopic (exact) mass is 407 g/mol. The van der Waals surface area contributed by atoms with E-state index in [1.807, 2.05) is 0 Å². The van der Waals surface area contributed by atoms with E-state index in [1.165, 1.54) is 30.3 Å². The zero-order valence-electron chi connectivity index (χ0n) is 13.6. The van der Waals surface area contributed by atoms with Gasteiger partial charge in [0.05, 0.1) is 21.3 Å². The van der Waals surface area contributed by atoms with E-state index >= 15 is 0 Å². The van der Waals surface area contributed by atoms with Crippen molar-refractivity contribution in [3.63, 3.8) is 0 Å². The molecule has 1 aromatic heterocycles. The quantitative estimate of drug-likeness (QED) is 0.634. The molecular formula is C18H12ClF2N3O2S. The number of alkyl halides is 2. The second-order valence-corrected chi connectivity index (χ2v) is 6.66. The molecule has 3 rings (SSSR count). The van der Waals surface area contributed by atoms with E-state index in [9.17, 15) is 18.4 Å². The van der Waals surface area contributed by atoms with Gasteiger partial charge < -0.3 is 5.32 Å². The summed E-state index contributed by atoms with van der Waals surface area (Å²) in [5.74, 6) is -3.35. The molecule has 0 unspecified atom stereocenters. The van der Waals surface area contributed by atoms with Crippen molar-refractivity contribution in [1.82, 2.24) is 9.78 Å². The number of anilines is 1. The SMILES string of the molecule is O=C(Nc1cccc(Cl)c1SC(F)F)c1ccc(=O)n(-c2ccccc2)n1. The highest BCUT2D eigenvalue weighted by Crippen LogP contribution is 2.37. The topological polar surface area (TPSA) is 64.0 Å². The van der Waals surface area contributed by atoms with Gasteiger partial charge in [0.15, 0.2) is 0 Å². The average molecular weight is 408 g/mol. The van der Waals surface area contributed by atoms with Gasteiger partial charge in [0.25, 0.3) is 17.2 Å². The first kappa shape index (κ1) is 19.1. The van der Waals surface area contributed by atoms with Crippen LogP contribution in [-0.4, -0.2) is 21.4 Å². The van der Waals surface area contributed by atoms with Crippen LogP contribution in [0.4, 0.5) is 14.5 Å². The Hall–Kier alpha value is -2.71. The number of benzene rings is 2. The first-order valence-electron chi connectivity index (χ1n) is 7.66. The Labute approximate surface area is 162 Å². The van der Waals surface area contributed by atoms with Crippen LogP contribution in [0.2, 0.25) is 5.02 Å². The van der Waals surface area contributed by atoms with E-state index < -0.39 is 17.2 Å². The smallest absolute Gasteiger partial charge is 0.289 e. The molecule has 0 saturated carbocycles. The van der Waals surface area contributed by atoms with Gasteiger partial charge in [-0.2, -0.15) is 18.6 Å². The molecule has 1 heterocycles. The summed E-state index contributed by atoms with van der Waals surface area (Å²) < 4.78 is 26.6. The van der Waals surface area contributed by atoms with E-state index in [1.54, 1.807) is 30.3 Å². The normalized spacial score (nSPS) is 10.8. The van der Waals surface area contributed by atoms with Crippen molar-refractivity contribution in [2.24, 2.45) is 0 Å². The van der Waals surface area contributed by atoms with Gasteiger partial charge in [0.2, 0.25) is 0 Å². The van der Waals surface area contributed by atoms with Crippen molar-refractivity contribution < 1.29 is 13.6 Å². The van der Waals surface area contributed by atoms with Gasteiger partial charge in [0, 0.05) is 6.07 Å². The summed E-state index contributed by atoms with van der Waals surface area (Å²) in [5, 5.41) is 6.67. The Morgan fingerprint density at radius 2 is 1.81 bits per heavy atom. The number of amides is 1. The highest BCUT2D eigenvalue weighted by molar-refractivity contribution is 7.99. The molecular weight excluding hydrogens is 396 g/mol. The predicted octanol–water partition coefficient (Wildman–Crippen LogP) is 4.45. The fourth-order valence-corrected chi connectivity index (χ4v) is 3.20. The molecule has 0 saturated heterocycles. The van der Waals surface area contributed by atoms with E-state index in [2.05, 4.69) is 10.4 Å². The number of para-hydroxylation sites is 1. The van der Waals surface area contributed by atoms with Crippen molar-refractivity contribution in [2.75, 3.05) is 5.32 Å². The molecule has 3 aromatic rings. The van der Waals surface area contributed by atoms with Gasteiger partial charge in [-0.05, 0) is 30.3 Å². The Bertz CT molecular complexity index is 1030. The van der Waals surface area contributed by atoms with Crippen LogP contribution in [0.25, 0.3) is 5.69 Å². The third-order valence-electron chi connectivity index (χ3n) is 3.46. The van der Waals surface area contributed by atoms with Crippen molar-refractivity contribution in [3.8, 4) is 5.69 Å². The van der Waals surface area contributed by atoms with Gasteiger partial charge in [-0.25, -0.2) is 0 Å². The molecule has 138 valence electrons. The molecule has 1 N–H and O–H groups in total. The maximum absolute atomic E-state index is 12.8. The summed E-state index contributed by atoms with van der Waals surface area (Å²) in [6.07, 6.45) is 0. The van der Waals surface area contributed by atoms with Gasteiger partial charge in [-0.1, -0.05) is 47.6 Å². The number of thioether (sulfide) groups is 1. The number of halogens is 3. The fourth-order valence-electron chi connectivity index (χ4n) is 2.29. The summed E-state index contributed by atoms with van der Waals surface area (Å²) in [7, 11) is 0. The van der Waals surface area contributed by atoms with Gasteiger partial charge in [0.1, 0.15) is 5.69 Å². The van der Waals surface area contributed by atoms with Gasteiger partial charge in [-0.3, -0.25) is 9.59 Å². The number of hydrogen-bond acceptors (Lipinski definition) is 4. The Morgan fingerprint density at radius 3 is 2.52 bits per heavy atom. The number of aromatic nitrogens is 2. The van der Waals surface area contributed by atoms with Gasteiger partial charge in [-0.15, -0.1) is 0 Å². The highest BCUT2D eigenvalue weighted by Gasteiger charge is 2.17. The number of hydrogen-bond donors (Lipinski definition) is 1. The van der Waals surface area contributed by atoms with Crippen LogP contribution in [0.3, 0.4) is 0 Å². The average Bonchev–Trinajstić information content (AvgIpc) is 2.65. The minimum absolute atomic E-state index is 0.0496. The van der Waals surface area contributed by atoms with Crippen molar-refractivity contribution in [3.05, 3.63) is 81.7 Å². The summed E-state index contributed by atoms with van der Waals surface area (Å²) >= 11 is 6.20. The number of nitrogens with one attached hydrogen (secondary N) is 1. The van der Waals surface area contributed by atoms with E-state index in [-0.39, 0.29) is 33.1 Å². The van der Waals surface area contributed by atoms with E-state index in [4.69, 9.17) is 11.6 Å². The zero-order chi connectivity index (χ0) is 19.4. The van der Waals surface area contributed by atoms with Crippen LogP contribution < -0.4 is 10.9 Å². The number of rotatable bonds is 5. The Balaban J connectivity index is 1.92. The largest absolute Gasteiger partial charge is 0.320 e. The van der Waals surface area contributed by atoms with Gasteiger partial charge >= 0.3 is 0 Å². The lowest BCUT2D eigenvalue weighted by atomic mass is 10.3. The predicted molar refractivity (Wildman–Crippen MR) is 101 cm³/mol. The summed E-state index contributed by atoms with van der Waals surface area (Å²) in [4.78, 5) is 24.6. The van der Waals surface area contributed by atoms with Crippen LogP contribution in [0.5, 0.6) is 0 Å². The first-order valence-corrected chi connectivity index (χ1v) is 8.92. The summed E-state index contributed by atoms with van der Waals surface area (Å²) in [5.41, 5.74) is 0.173. The van der Waals surface area contributed by atoms with Crippen molar-refractivity contribution >= 4 is 35.0 Å². The molecule has 0 atom stereocenters. The van der Waals surface area contributed by atoms with E-state index in [0.29, 0.717) is 5.69 Å². The molecule has 0 fully saturated rings. The number of carbonyl (C=O) groups is 1. The van der Waals surface area contributed by atoms with Crippen LogP contribution in [-0.2, 0) is 0 Å². The maximum atomic E-state index is 12.8. The highest BCUT2D eigenvalue weighted by atomic mass is 35.5. The lowest BCUT2D eigenvalue weighted by molar-refractivity contribution is 0.102. The van der Waals surface area contributed by atoms with Crippen molar-refractivity contribution in [1.29, 1.82) is 0 Å². The Morgan fingerprint density at radius 1 is 1.07 bits per heavy atom. The summed E-state index contributed by atoms with van der Waals surface area (Å²) in [6, 6.07) is 15.5. The molecule has 27 heavy (non-hydrogen) atoms. The van der Waals surface area contributed by atoms with Crippen LogP contribution in [0.15, 0.2) is 70.4 Å². The van der Waals surface area contributed by atoms with Crippen molar-refractivity contribution in [2.45, 2.75) is 10.7 Å². The lowest BCUT2D eigenvalue weighted by Gasteiger charge is -2.12. The number of nitrogens with zero attached hydrogens (tertiary/aromatic N) is 2. The third kappa shape index (κ3) is 4.53. The standard InChI is InChI=1S/C18H12ClF2N3O2S/c19-12-7-4-8-13(16(12)27-18(20)21)22-17(26)14-9-10-15(25)24(23-14)11-5-2-1-3-6-11/h1-10,18H,(H,22,26). The molecule has 1 amide bonds.